The van der Waals surface area contributed by atoms with Crippen LogP contribution >= 0.6 is 11.6 Å². The van der Waals surface area contributed by atoms with Gasteiger partial charge in [-0.25, -0.2) is 9.78 Å². The van der Waals surface area contributed by atoms with Crippen molar-refractivity contribution in [2.24, 2.45) is 0 Å². The number of hydrogen-bond acceptors (Lipinski definition) is 4. The van der Waals surface area contributed by atoms with Crippen molar-refractivity contribution in [2.75, 3.05) is 22.6 Å². The van der Waals surface area contributed by atoms with Gasteiger partial charge in [-0.2, -0.15) is 13.2 Å². The van der Waals surface area contributed by atoms with Crippen LogP contribution in [0.2, 0.25) is 5.02 Å². The van der Waals surface area contributed by atoms with E-state index in [1.54, 1.807) is 43.4 Å². The summed E-state index contributed by atoms with van der Waals surface area (Å²) in [7, 11) is 1.55. The zero-order valence-electron chi connectivity index (χ0n) is 16.5. The molecule has 0 unspecified atom stereocenters. The second-order valence-corrected chi connectivity index (χ2v) is 6.87. The van der Waals surface area contributed by atoms with Gasteiger partial charge in [0.15, 0.2) is 0 Å². The Bertz CT molecular complexity index is 1120. The number of pyridine rings is 1. The summed E-state index contributed by atoms with van der Waals surface area (Å²) in [5.41, 5.74) is -0.721. The molecule has 0 radical (unpaired) electrons. The van der Waals surface area contributed by atoms with E-state index in [9.17, 15) is 22.8 Å². The Morgan fingerprint density at radius 1 is 1.03 bits per heavy atom. The molecule has 7 nitrogen and oxygen atoms in total. The predicted molar refractivity (Wildman–Crippen MR) is 114 cm³/mol. The highest BCUT2D eigenvalue weighted by atomic mass is 35.5. The minimum Gasteiger partial charge on any atom is -0.457 e. The van der Waals surface area contributed by atoms with Crippen molar-refractivity contribution in [3.8, 4) is 11.5 Å². The molecule has 0 saturated heterocycles. The third kappa shape index (κ3) is 5.88. The van der Waals surface area contributed by atoms with Gasteiger partial charge in [-0.1, -0.05) is 11.6 Å². The van der Waals surface area contributed by atoms with Gasteiger partial charge in [-0.3, -0.25) is 4.79 Å². The van der Waals surface area contributed by atoms with Gasteiger partial charge in [0.1, 0.15) is 17.3 Å². The summed E-state index contributed by atoms with van der Waals surface area (Å²) in [6, 6.07) is 11.8. The Morgan fingerprint density at radius 3 is 2.34 bits per heavy atom. The maximum atomic E-state index is 12.9. The highest BCUT2D eigenvalue weighted by Gasteiger charge is 2.33. The van der Waals surface area contributed by atoms with Crippen LogP contribution in [0.5, 0.6) is 11.5 Å². The van der Waals surface area contributed by atoms with Crippen LogP contribution < -0.4 is 20.3 Å². The number of aromatic nitrogens is 1. The zero-order chi connectivity index (χ0) is 23.3. The van der Waals surface area contributed by atoms with Gasteiger partial charge in [0, 0.05) is 30.7 Å². The number of halogens is 4. The van der Waals surface area contributed by atoms with Gasteiger partial charge in [0.25, 0.3) is 0 Å². The van der Waals surface area contributed by atoms with E-state index in [2.05, 4.69) is 15.6 Å². The number of amides is 3. The van der Waals surface area contributed by atoms with Crippen molar-refractivity contribution in [1.29, 1.82) is 0 Å². The van der Waals surface area contributed by atoms with Crippen LogP contribution in [-0.2, 0) is 11.0 Å². The Hall–Kier alpha value is -3.79. The smallest absolute Gasteiger partial charge is 0.417 e. The average molecular weight is 465 g/mol. The van der Waals surface area contributed by atoms with Gasteiger partial charge in [0.2, 0.25) is 6.41 Å². The monoisotopic (exact) mass is 464 g/mol. The first-order valence-electron chi connectivity index (χ1n) is 9.02. The molecule has 2 N–H and O–H groups in total. The van der Waals surface area contributed by atoms with Crippen LogP contribution in [0.25, 0.3) is 0 Å². The number of nitrogens with one attached hydrogen (secondary N) is 2. The molecule has 0 bridgehead atoms. The summed E-state index contributed by atoms with van der Waals surface area (Å²) in [5, 5.41) is 4.38. The van der Waals surface area contributed by atoms with Crippen LogP contribution in [0.1, 0.15) is 5.56 Å². The van der Waals surface area contributed by atoms with E-state index in [0.29, 0.717) is 29.4 Å². The van der Waals surface area contributed by atoms with E-state index in [4.69, 9.17) is 16.3 Å². The number of anilines is 3. The average Bonchev–Trinajstić information content (AvgIpc) is 2.75. The minimum absolute atomic E-state index is 0.0621. The molecule has 0 saturated carbocycles. The maximum absolute atomic E-state index is 12.9. The Morgan fingerprint density at radius 2 is 1.69 bits per heavy atom. The minimum atomic E-state index is -4.64. The lowest BCUT2D eigenvalue weighted by molar-refractivity contribution is -0.137. The summed E-state index contributed by atoms with van der Waals surface area (Å²) in [5.74, 6) is 1.31. The summed E-state index contributed by atoms with van der Waals surface area (Å²) < 4.78 is 44.5. The molecule has 0 aliphatic carbocycles. The van der Waals surface area contributed by atoms with Crippen molar-refractivity contribution in [2.45, 2.75) is 6.18 Å². The van der Waals surface area contributed by atoms with Gasteiger partial charge >= 0.3 is 12.2 Å². The molecule has 0 aliphatic rings. The first-order chi connectivity index (χ1) is 15.2. The molecule has 32 heavy (non-hydrogen) atoms. The van der Waals surface area contributed by atoms with Gasteiger partial charge in [-0.15, -0.1) is 0 Å². The van der Waals surface area contributed by atoms with Crippen LogP contribution in [-0.4, -0.2) is 24.5 Å². The fourth-order valence-electron chi connectivity index (χ4n) is 2.57. The molecule has 0 aliphatic heterocycles. The third-order valence-corrected chi connectivity index (χ3v) is 4.44. The quantitative estimate of drug-likeness (QED) is 0.453. The van der Waals surface area contributed by atoms with Crippen LogP contribution in [0, 0.1) is 0 Å². The molecule has 0 atom stereocenters. The maximum Gasteiger partial charge on any atom is 0.417 e. The summed E-state index contributed by atoms with van der Waals surface area (Å²) in [4.78, 5) is 28.3. The lowest BCUT2D eigenvalue weighted by atomic mass is 10.2. The van der Waals surface area contributed by atoms with E-state index in [1.807, 2.05) is 0 Å². The number of carbonyl (C=O) groups excluding carboxylic acids is 2. The van der Waals surface area contributed by atoms with Crippen molar-refractivity contribution in [3.63, 3.8) is 0 Å². The zero-order valence-corrected chi connectivity index (χ0v) is 17.2. The lowest BCUT2D eigenvalue weighted by Gasteiger charge is -2.13. The normalized spacial score (nSPS) is 10.9. The molecular weight excluding hydrogens is 449 g/mol. The number of alkyl halides is 3. The highest BCUT2D eigenvalue weighted by Crippen LogP contribution is 2.36. The molecule has 11 heteroatoms. The Labute approximate surface area is 185 Å². The number of hydrogen-bond donors (Lipinski definition) is 2. The second kappa shape index (κ2) is 9.56. The third-order valence-electron chi connectivity index (χ3n) is 4.11. The lowest BCUT2D eigenvalue weighted by Crippen LogP contribution is -2.19. The molecule has 3 rings (SSSR count). The Kier molecular flexibility index (Phi) is 6.84. The highest BCUT2D eigenvalue weighted by molar-refractivity contribution is 6.31. The molecule has 3 amide bonds. The standard InChI is InChI=1S/C21H16ClF3N4O3/c1-29(12-30)19-11-16(8-9-26-19)32-15-5-2-13(3-6-15)27-20(31)28-14-4-7-18(22)17(10-14)21(23,24)25/h2-12H,1H3,(H2,27,28,31). The van der Waals surface area contributed by atoms with Gasteiger partial charge in [0.05, 0.1) is 10.6 Å². The summed E-state index contributed by atoms with van der Waals surface area (Å²) >= 11 is 5.57. The topological polar surface area (TPSA) is 83.6 Å². The van der Waals surface area contributed by atoms with Crippen LogP contribution in [0.4, 0.5) is 35.2 Å². The van der Waals surface area contributed by atoms with Crippen LogP contribution in [0.15, 0.2) is 60.8 Å². The number of benzene rings is 2. The molecular formula is C21H16ClF3N4O3. The fourth-order valence-corrected chi connectivity index (χ4v) is 2.79. The summed E-state index contributed by atoms with van der Waals surface area (Å²) in [6.45, 7) is 0. The number of ether oxygens (including phenoxy) is 1. The fraction of sp³-hybridized carbons (Fsp3) is 0.0952. The number of rotatable bonds is 6. The van der Waals surface area contributed by atoms with Crippen molar-refractivity contribution < 1.29 is 27.5 Å². The van der Waals surface area contributed by atoms with Crippen molar-refractivity contribution in [3.05, 3.63) is 71.4 Å². The molecule has 1 aromatic heterocycles. The molecule has 166 valence electrons. The molecule has 0 fully saturated rings. The second-order valence-electron chi connectivity index (χ2n) is 6.46. The summed E-state index contributed by atoms with van der Waals surface area (Å²) in [6.07, 6.45) is -2.53. The number of nitrogens with zero attached hydrogens (tertiary/aromatic N) is 2. The Balaban J connectivity index is 1.62. The van der Waals surface area contributed by atoms with Crippen molar-refractivity contribution >= 4 is 41.2 Å². The van der Waals surface area contributed by atoms with E-state index < -0.39 is 22.8 Å². The molecule has 2 aromatic carbocycles. The SMILES string of the molecule is CN(C=O)c1cc(Oc2ccc(NC(=O)Nc3ccc(Cl)c(C(F)(F)F)c3)cc2)ccn1. The van der Waals surface area contributed by atoms with Crippen molar-refractivity contribution in [1.82, 2.24) is 4.98 Å². The molecule has 3 aromatic rings. The van der Waals surface area contributed by atoms with E-state index in [-0.39, 0.29) is 5.69 Å². The van der Waals surface area contributed by atoms with E-state index in [1.165, 1.54) is 17.2 Å². The predicted octanol–water partition coefficient (Wildman–Crippen LogP) is 5.78. The van der Waals surface area contributed by atoms with E-state index in [0.717, 1.165) is 12.1 Å². The number of urea groups is 1. The van der Waals surface area contributed by atoms with E-state index >= 15 is 0 Å². The number of carbonyl (C=O) groups is 2. The van der Waals surface area contributed by atoms with Gasteiger partial charge < -0.3 is 20.3 Å². The molecule has 0 spiro atoms. The first-order valence-corrected chi connectivity index (χ1v) is 9.40. The van der Waals surface area contributed by atoms with Crippen LogP contribution in [0.3, 0.4) is 0 Å². The molecule has 1 heterocycles. The largest absolute Gasteiger partial charge is 0.457 e. The first kappa shape index (κ1) is 22.9. The van der Waals surface area contributed by atoms with Gasteiger partial charge in [-0.05, 0) is 48.5 Å².